The Balaban J connectivity index is 2.12. The quantitative estimate of drug-likeness (QED) is 0.824. The van der Waals surface area contributed by atoms with Crippen molar-refractivity contribution >= 4 is 11.3 Å². The standard InChI is InChI=1S/C14H23NS/c1-3-15-13(12-7-5-4-6-8-12)14-11(2)9-10-16-14/h9-10,12-13,15H,3-8H2,1-2H3. The molecule has 2 heteroatoms. The lowest BCUT2D eigenvalue weighted by Crippen LogP contribution is -2.29. The van der Waals surface area contributed by atoms with Gasteiger partial charge in [-0.1, -0.05) is 26.2 Å². The van der Waals surface area contributed by atoms with Gasteiger partial charge in [0, 0.05) is 10.9 Å². The Bertz CT molecular complexity index is 312. The Morgan fingerprint density at radius 1 is 1.38 bits per heavy atom. The number of hydrogen-bond donors (Lipinski definition) is 1. The molecular formula is C14H23NS. The van der Waals surface area contributed by atoms with Crippen molar-refractivity contribution < 1.29 is 0 Å². The van der Waals surface area contributed by atoms with E-state index < -0.39 is 0 Å². The molecule has 1 aliphatic carbocycles. The highest BCUT2D eigenvalue weighted by Gasteiger charge is 2.25. The number of aryl methyl sites for hydroxylation is 1. The normalized spacial score (nSPS) is 19.9. The molecule has 0 aliphatic heterocycles. The Kier molecular flexibility index (Phi) is 4.42. The fourth-order valence-corrected chi connectivity index (χ4v) is 3.96. The molecule has 1 N–H and O–H groups in total. The average Bonchev–Trinajstić information content (AvgIpc) is 2.73. The molecule has 0 amide bonds. The fourth-order valence-electron chi connectivity index (χ4n) is 2.86. The molecule has 1 atom stereocenters. The summed E-state index contributed by atoms with van der Waals surface area (Å²) in [7, 11) is 0. The summed E-state index contributed by atoms with van der Waals surface area (Å²) in [6.07, 6.45) is 7.12. The van der Waals surface area contributed by atoms with Crippen LogP contribution in [0.15, 0.2) is 11.4 Å². The molecule has 1 nitrogen and oxygen atoms in total. The molecule has 1 saturated carbocycles. The highest BCUT2D eigenvalue weighted by molar-refractivity contribution is 7.10. The summed E-state index contributed by atoms with van der Waals surface area (Å²) in [5.41, 5.74) is 1.47. The van der Waals surface area contributed by atoms with Crippen LogP contribution in [0.25, 0.3) is 0 Å². The summed E-state index contributed by atoms with van der Waals surface area (Å²) in [4.78, 5) is 1.58. The van der Waals surface area contributed by atoms with Gasteiger partial charge < -0.3 is 5.32 Å². The zero-order valence-corrected chi connectivity index (χ0v) is 11.3. The molecule has 1 fully saturated rings. The molecule has 0 radical (unpaired) electrons. The molecule has 1 aromatic rings. The molecule has 1 aliphatic rings. The minimum atomic E-state index is 0.616. The molecule has 0 bridgehead atoms. The van der Waals surface area contributed by atoms with Gasteiger partial charge in [-0.25, -0.2) is 0 Å². The van der Waals surface area contributed by atoms with E-state index in [0.717, 1.165) is 12.5 Å². The highest BCUT2D eigenvalue weighted by Crippen LogP contribution is 2.37. The first-order valence-electron chi connectivity index (χ1n) is 6.60. The average molecular weight is 237 g/mol. The maximum Gasteiger partial charge on any atom is 0.0446 e. The van der Waals surface area contributed by atoms with Crippen LogP contribution in [0.5, 0.6) is 0 Å². The summed E-state index contributed by atoms with van der Waals surface area (Å²) in [6, 6.07) is 2.87. The fraction of sp³-hybridized carbons (Fsp3) is 0.714. The van der Waals surface area contributed by atoms with Gasteiger partial charge in [-0.3, -0.25) is 0 Å². The van der Waals surface area contributed by atoms with Crippen molar-refractivity contribution in [3.05, 3.63) is 21.9 Å². The lowest BCUT2D eigenvalue weighted by atomic mass is 9.82. The SMILES string of the molecule is CCNC(c1sccc1C)C1CCCCC1. The summed E-state index contributed by atoms with van der Waals surface area (Å²) >= 11 is 1.93. The second-order valence-corrected chi connectivity index (χ2v) is 5.85. The third-order valence-electron chi connectivity index (χ3n) is 3.73. The van der Waals surface area contributed by atoms with Gasteiger partial charge in [-0.15, -0.1) is 11.3 Å². The van der Waals surface area contributed by atoms with E-state index in [0.29, 0.717) is 6.04 Å². The molecule has 0 saturated heterocycles. The first-order valence-corrected chi connectivity index (χ1v) is 7.48. The second-order valence-electron chi connectivity index (χ2n) is 4.90. The van der Waals surface area contributed by atoms with Crippen molar-refractivity contribution in [3.63, 3.8) is 0 Å². The Hall–Kier alpha value is -0.340. The topological polar surface area (TPSA) is 12.0 Å². The van der Waals surface area contributed by atoms with Gasteiger partial charge in [-0.2, -0.15) is 0 Å². The van der Waals surface area contributed by atoms with Crippen LogP contribution < -0.4 is 5.32 Å². The number of hydrogen-bond acceptors (Lipinski definition) is 2. The van der Waals surface area contributed by atoms with Crippen LogP contribution in [-0.2, 0) is 0 Å². The third kappa shape index (κ3) is 2.67. The van der Waals surface area contributed by atoms with Gasteiger partial charge in [0.25, 0.3) is 0 Å². The van der Waals surface area contributed by atoms with Crippen LogP contribution in [0.4, 0.5) is 0 Å². The number of nitrogens with one attached hydrogen (secondary N) is 1. The van der Waals surface area contributed by atoms with E-state index in [-0.39, 0.29) is 0 Å². The van der Waals surface area contributed by atoms with Crippen LogP contribution in [0.3, 0.4) is 0 Å². The van der Waals surface area contributed by atoms with Gasteiger partial charge >= 0.3 is 0 Å². The molecule has 1 unspecified atom stereocenters. The van der Waals surface area contributed by atoms with Crippen molar-refractivity contribution in [2.75, 3.05) is 6.54 Å². The van der Waals surface area contributed by atoms with E-state index in [1.807, 2.05) is 11.3 Å². The van der Waals surface area contributed by atoms with Crippen molar-refractivity contribution in [2.45, 2.75) is 52.0 Å². The predicted molar refractivity (Wildman–Crippen MR) is 72.0 cm³/mol. The van der Waals surface area contributed by atoms with Crippen LogP contribution in [0, 0.1) is 12.8 Å². The largest absolute Gasteiger partial charge is 0.309 e. The zero-order valence-electron chi connectivity index (χ0n) is 10.5. The van der Waals surface area contributed by atoms with Gasteiger partial charge in [0.2, 0.25) is 0 Å². The zero-order chi connectivity index (χ0) is 11.4. The maximum absolute atomic E-state index is 3.71. The number of thiophene rings is 1. The summed E-state index contributed by atoms with van der Waals surface area (Å²) in [5, 5.41) is 5.94. The highest BCUT2D eigenvalue weighted by atomic mass is 32.1. The molecule has 1 heterocycles. The molecule has 1 aromatic heterocycles. The molecule has 0 aromatic carbocycles. The lowest BCUT2D eigenvalue weighted by molar-refractivity contribution is 0.277. The third-order valence-corrected chi connectivity index (χ3v) is 4.83. The predicted octanol–water partition coefficient (Wildman–Crippen LogP) is 4.29. The summed E-state index contributed by atoms with van der Waals surface area (Å²) < 4.78 is 0. The van der Waals surface area contributed by atoms with E-state index in [9.17, 15) is 0 Å². The van der Waals surface area contributed by atoms with E-state index in [1.165, 1.54) is 37.7 Å². The molecule has 2 rings (SSSR count). The van der Waals surface area contributed by atoms with Crippen molar-refractivity contribution in [1.29, 1.82) is 0 Å². The smallest absolute Gasteiger partial charge is 0.0446 e. The van der Waals surface area contributed by atoms with Crippen LogP contribution in [0.2, 0.25) is 0 Å². The Morgan fingerprint density at radius 2 is 2.12 bits per heavy atom. The van der Waals surface area contributed by atoms with Crippen molar-refractivity contribution in [2.24, 2.45) is 5.92 Å². The van der Waals surface area contributed by atoms with Crippen LogP contribution in [-0.4, -0.2) is 6.54 Å². The summed E-state index contributed by atoms with van der Waals surface area (Å²) in [6.45, 7) is 5.55. The second kappa shape index (κ2) is 5.83. The molecular weight excluding hydrogens is 214 g/mol. The van der Waals surface area contributed by atoms with E-state index >= 15 is 0 Å². The van der Waals surface area contributed by atoms with Gasteiger partial charge in [0.15, 0.2) is 0 Å². The molecule has 90 valence electrons. The van der Waals surface area contributed by atoms with E-state index in [2.05, 4.69) is 30.6 Å². The lowest BCUT2D eigenvalue weighted by Gasteiger charge is -2.30. The first kappa shape index (κ1) is 12.1. The maximum atomic E-state index is 3.71. The van der Waals surface area contributed by atoms with Gasteiger partial charge in [0.05, 0.1) is 0 Å². The molecule has 16 heavy (non-hydrogen) atoms. The van der Waals surface area contributed by atoms with Crippen LogP contribution >= 0.6 is 11.3 Å². The Labute approximate surface area is 103 Å². The van der Waals surface area contributed by atoms with Gasteiger partial charge in [0.1, 0.15) is 0 Å². The van der Waals surface area contributed by atoms with E-state index in [4.69, 9.17) is 0 Å². The Morgan fingerprint density at radius 3 is 2.69 bits per heavy atom. The van der Waals surface area contributed by atoms with E-state index in [1.54, 1.807) is 4.88 Å². The summed E-state index contributed by atoms with van der Waals surface area (Å²) in [5.74, 6) is 0.867. The van der Waals surface area contributed by atoms with Crippen LogP contribution in [0.1, 0.15) is 55.5 Å². The molecule has 0 spiro atoms. The van der Waals surface area contributed by atoms with Gasteiger partial charge in [-0.05, 0) is 49.2 Å². The number of rotatable bonds is 4. The minimum Gasteiger partial charge on any atom is -0.309 e. The van der Waals surface area contributed by atoms with Crippen molar-refractivity contribution in [3.8, 4) is 0 Å². The minimum absolute atomic E-state index is 0.616. The van der Waals surface area contributed by atoms with Crippen molar-refractivity contribution in [1.82, 2.24) is 5.32 Å². The first-order chi connectivity index (χ1) is 7.83. The monoisotopic (exact) mass is 237 g/mol.